The van der Waals surface area contributed by atoms with Gasteiger partial charge in [-0.25, -0.2) is 13.4 Å². The van der Waals surface area contributed by atoms with Gasteiger partial charge in [0.25, 0.3) is 0 Å². The van der Waals surface area contributed by atoms with Gasteiger partial charge in [-0.15, -0.1) is 0 Å². The highest BCUT2D eigenvalue weighted by atomic mass is 32.2. The number of carbonyl (C=O) groups excluding carboxylic acids is 1. The van der Waals surface area contributed by atoms with Crippen LogP contribution >= 0.6 is 11.8 Å². The fourth-order valence-electron chi connectivity index (χ4n) is 3.52. The highest BCUT2D eigenvalue weighted by Gasteiger charge is 2.27. The average molecular weight is 464 g/mol. The van der Waals surface area contributed by atoms with Gasteiger partial charge in [-0.3, -0.25) is 4.79 Å². The van der Waals surface area contributed by atoms with Gasteiger partial charge in [0.05, 0.1) is 16.8 Å². The van der Waals surface area contributed by atoms with Crippen molar-refractivity contribution < 1.29 is 22.7 Å². The lowest BCUT2D eigenvalue weighted by Crippen LogP contribution is -2.28. The minimum Gasteiger partial charge on any atom is -0.486 e. The number of carbonyl (C=O) groups is 1. The van der Waals surface area contributed by atoms with Gasteiger partial charge in [0.15, 0.2) is 11.5 Å². The quantitative estimate of drug-likeness (QED) is 0.630. The number of rotatable bonds is 7. The van der Waals surface area contributed by atoms with Gasteiger partial charge in [-0.1, -0.05) is 17.8 Å². The van der Waals surface area contributed by atoms with E-state index in [4.69, 9.17) is 9.47 Å². The Balaban J connectivity index is 1.30. The van der Waals surface area contributed by atoms with Crippen molar-refractivity contribution in [3.8, 4) is 11.5 Å². The van der Waals surface area contributed by atoms with Crippen molar-refractivity contribution in [1.82, 2.24) is 14.6 Å². The highest BCUT2D eigenvalue weighted by Crippen LogP contribution is 2.32. The minimum absolute atomic E-state index is 0.136. The Hall–Kier alpha value is -2.30. The molecule has 1 aromatic carbocycles. The Morgan fingerprint density at radius 2 is 1.90 bits per heavy atom. The molecule has 1 aromatic heterocycles. The number of sulfonamides is 1. The fourth-order valence-corrected chi connectivity index (χ4v) is 5.63. The number of ether oxygens (including phenoxy) is 2. The fraction of sp³-hybridized carbons (Fsp3) is 0.429. The number of nitrogens with one attached hydrogen (secondary N) is 1. The summed E-state index contributed by atoms with van der Waals surface area (Å²) >= 11 is 1.26. The van der Waals surface area contributed by atoms with Crippen LogP contribution in [0.5, 0.6) is 11.5 Å². The predicted octanol–water partition coefficient (Wildman–Crippen LogP) is 2.61. The summed E-state index contributed by atoms with van der Waals surface area (Å²) in [5.41, 5.74) is 0.928. The number of amides is 1. The van der Waals surface area contributed by atoms with Gasteiger partial charge >= 0.3 is 0 Å². The van der Waals surface area contributed by atoms with Crippen molar-refractivity contribution >= 4 is 27.7 Å². The van der Waals surface area contributed by atoms with E-state index in [0.717, 1.165) is 18.4 Å². The molecular weight excluding hydrogens is 438 g/mol. The van der Waals surface area contributed by atoms with Crippen LogP contribution in [0.15, 0.2) is 46.5 Å². The van der Waals surface area contributed by atoms with Crippen LogP contribution in [0, 0.1) is 0 Å². The molecule has 1 saturated heterocycles. The zero-order valence-corrected chi connectivity index (χ0v) is 18.9. The van der Waals surface area contributed by atoms with Crippen molar-refractivity contribution in [3.05, 3.63) is 42.1 Å². The predicted molar refractivity (Wildman–Crippen MR) is 117 cm³/mol. The molecule has 166 valence electrons. The molecule has 1 N–H and O–H groups in total. The molecule has 8 nitrogen and oxygen atoms in total. The van der Waals surface area contributed by atoms with E-state index < -0.39 is 10.0 Å². The number of fused-ring (bicyclic) bond motifs is 1. The van der Waals surface area contributed by atoms with Crippen LogP contribution < -0.4 is 14.8 Å². The Morgan fingerprint density at radius 1 is 1.16 bits per heavy atom. The lowest BCUT2D eigenvalue weighted by Gasteiger charge is -2.21. The smallest absolute Gasteiger partial charge is 0.244 e. The van der Waals surface area contributed by atoms with Gasteiger partial charge in [0, 0.05) is 19.3 Å². The topological polar surface area (TPSA) is 97.8 Å². The SMILES string of the molecule is CC(NC(=O)CSc1ccc(S(=O)(=O)N2CCCC2)cn1)c1ccc2c(c1)OCCO2. The summed E-state index contributed by atoms with van der Waals surface area (Å²) in [6.07, 6.45) is 3.15. The van der Waals surface area contributed by atoms with E-state index in [9.17, 15) is 13.2 Å². The van der Waals surface area contributed by atoms with Crippen molar-refractivity contribution in [3.63, 3.8) is 0 Å². The van der Waals surface area contributed by atoms with Crippen LogP contribution in [0.1, 0.15) is 31.4 Å². The molecule has 1 unspecified atom stereocenters. The number of aromatic nitrogens is 1. The van der Waals surface area contributed by atoms with Crippen molar-refractivity contribution in [1.29, 1.82) is 0 Å². The monoisotopic (exact) mass is 463 g/mol. The lowest BCUT2D eigenvalue weighted by molar-refractivity contribution is -0.119. The van der Waals surface area contributed by atoms with E-state index in [1.54, 1.807) is 12.1 Å². The van der Waals surface area contributed by atoms with Crippen LogP contribution in [-0.2, 0) is 14.8 Å². The number of hydrogen-bond donors (Lipinski definition) is 1. The second-order valence-corrected chi connectivity index (χ2v) is 10.4. The first-order valence-electron chi connectivity index (χ1n) is 10.2. The standard InChI is InChI=1S/C21H25N3O5S2/c1-15(16-4-6-18-19(12-16)29-11-10-28-18)23-20(25)14-30-21-7-5-17(13-22-21)31(26,27)24-8-2-3-9-24/h4-7,12-13,15H,2-3,8-11,14H2,1H3,(H,23,25). The van der Waals surface area contributed by atoms with Crippen molar-refractivity contribution in [2.24, 2.45) is 0 Å². The maximum absolute atomic E-state index is 12.6. The van der Waals surface area contributed by atoms with Gasteiger partial charge in [0.2, 0.25) is 15.9 Å². The molecule has 1 amide bonds. The van der Waals surface area contributed by atoms with Crippen LogP contribution in [-0.4, -0.2) is 55.7 Å². The lowest BCUT2D eigenvalue weighted by atomic mass is 10.1. The van der Waals surface area contributed by atoms with Gasteiger partial charge in [-0.2, -0.15) is 4.31 Å². The normalized spacial score (nSPS) is 17.3. The largest absolute Gasteiger partial charge is 0.486 e. The van der Waals surface area contributed by atoms with E-state index in [-0.39, 0.29) is 22.6 Å². The highest BCUT2D eigenvalue weighted by molar-refractivity contribution is 7.99. The molecule has 31 heavy (non-hydrogen) atoms. The number of thioether (sulfide) groups is 1. The number of pyridine rings is 1. The Morgan fingerprint density at radius 3 is 2.61 bits per heavy atom. The first kappa shape index (κ1) is 21.9. The van der Waals surface area contributed by atoms with Crippen molar-refractivity contribution in [2.75, 3.05) is 32.1 Å². The first-order chi connectivity index (χ1) is 14.9. The van der Waals surface area contributed by atoms with Crippen molar-refractivity contribution in [2.45, 2.75) is 35.7 Å². The summed E-state index contributed by atoms with van der Waals surface area (Å²) in [5.74, 6) is 1.45. The second kappa shape index (κ2) is 9.46. The third-order valence-electron chi connectivity index (χ3n) is 5.21. The van der Waals surface area contributed by atoms with E-state index >= 15 is 0 Å². The summed E-state index contributed by atoms with van der Waals surface area (Å²) < 4.78 is 37.7. The van der Waals surface area contributed by atoms with E-state index in [1.165, 1.54) is 22.3 Å². The maximum Gasteiger partial charge on any atom is 0.244 e. The molecule has 2 aromatic rings. The molecule has 0 saturated carbocycles. The summed E-state index contributed by atoms with van der Waals surface area (Å²) in [7, 11) is -3.48. The van der Waals surface area contributed by atoms with Gasteiger partial charge < -0.3 is 14.8 Å². The van der Waals surface area contributed by atoms with E-state index in [0.29, 0.717) is 42.8 Å². The Kier molecular flexibility index (Phi) is 6.68. The Labute approximate surface area is 186 Å². The summed E-state index contributed by atoms with van der Waals surface area (Å²) in [4.78, 5) is 16.8. The molecule has 10 heteroatoms. The molecule has 4 rings (SSSR count). The second-order valence-electron chi connectivity index (χ2n) is 7.42. The molecule has 0 bridgehead atoms. The van der Waals surface area contributed by atoms with Crippen LogP contribution in [0.4, 0.5) is 0 Å². The van der Waals surface area contributed by atoms with Gasteiger partial charge in [-0.05, 0) is 49.6 Å². The van der Waals surface area contributed by atoms with Crippen LogP contribution in [0.3, 0.4) is 0 Å². The van der Waals surface area contributed by atoms with Gasteiger partial charge in [0.1, 0.15) is 18.1 Å². The molecule has 1 fully saturated rings. The zero-order chi connectivity index (χ0) is 21.8. The zero-order valence-electron chi connectivity index (χ0n) is 17.2. The summed E-state index contributed by atoms with van der Waals surface area (Å²) in [5, 5.41) is 3.56. The summed E-state index contributed by atoms with van der Waals surface area (Å²) in [6.45, 7) is 4.07. The van der Waals surface area contributed by atoms with E-state index in [2.05, 4.69) is 10.3 Å². The average Bonchev–Trinajstić information content (AvgIpc) is 3.33. The number of nitrogens with zero attached hydrogens (tertiary/aromatic N) is 2. The summed E-state index contributed by atoms with van der Waals surface area (Å²) in [6, 6.07) is 8.65. The third kappa shape index (κ3) is 5.13. The minimum atomic E-state index is -3.48. The molecule has 0 aliphatic carbocycles. The van der Waals surface area contributed by atoms with E-state index in [1.807, 2.05) is 25.1 Å². The number of benzene rings is 1. The van der Waals surface area contributed by atoms with Crippen LogP contribution in [0.2, 0.25) is 0 Å². The molecule has 2 aliphatic heterocycles. The maximum atomic E-state index is 12.6. The third-order valence-corrected chi connectivity index (χ3v) is 8.03. The molecule has 0 radical (unpaired) electrons. The molecule has 3 heterocycles. The Bertz CT molecular complexity index is 1040. The number of hydrogen-bond acceptors (Lipinski definition) is 7. The molecule has 1 atom stereocenters. The molecule has 2 aliphatic rings. The van der Waals surface area contributed by atoms with Crippen LogP contribution in [0.25, 0.3) is 0 Å². The first-order valence-corrected chi connectivity index (χ1v) is 12.6. The molecule has 0 spiro atoms. The molecular formula is C21H25N3O5S2.